The molecule has 5 amide bonds. The molecule has 0 saturated carbocycles. The summed E-state index contributed by atoms with van der Waals surface area (Å²) in [5, 5.41) is 7.58. The normalized spacial score (nSPS) is 16.0. The number of imide groups is 1. The average molecular weight is 462 g/mol. The minimum absolute atomic E-state index is 0.0831. The van der Waals surface area contributed by atoms with Crippen LogP contribution in [-0.4, -0.2) is 61.7 Å². The number of furan rings is 1. The Bertz CT molecular complexity index is 1130. The molecule has 1 atom stereocenters. The Hall–Kier alpha value is -3.67. The topological polar surface area (TPSA) is 155 Å². The minimum atomic E-state index is -3.31. The van der Waals surface area contributed by atoms with Crippen molar-refractivity contribution in [2.45, 2.75) is 19.0 Å². The predicted octanol–water partition coefficient (Wildman–Crippen LogP) is 0.503. The van der Waals surface area contributed by atoms with Crippen molar-refractivity contribution in [3.8, 4) is 0 Å². The van der Waals surface area contributed by atoms with Crippen LogP contribution in [0.3, 0.4) is 0 Å². The van der Waals surface area contributed by atoms with E-state index in [0.717, 1.165) is 6.26 Å². The minimum Gasteiger partial charge on any atom is -0.467 e. The maximum Gasteiger partial charge on any atom is 0.325 e. The van der Waals surface area contributed by atoms with Crippen LogP contribution in [0.5, 0.6) is 0 Å². The summed E-state index contributed by atoms with van der Waals surface area (Å²) >= 11 is 0. The second-order valence-corrected chi connectivity index (χ2v) is 9.46. The number of rotatable bonds is 9. The quantitative estimate of drug-likeness (QED) is 0.458. The third kappa shape index (κ3) is 5.94. The van der Waals surface area contributed by atoms with Crippen molar-refractivity contribution in [3.05, 3.63) is 54.0 Å². The summed E-state index contributed by atoms with van der Waals surface area (Å²) in [5.74, 6) is -1.54. The number of sulfone groups is 1. The number of hydrogen-bond acceptors (Lipinski definition) is 7. The van der Waals surface area contributed by atoms with E-state index in [0.29, 0.717) is 10.7 Å². The van der Waals surface area contributed by atoms with Gasteiger partial charge >= 0.3 is 6.03 Å². The SMILES string of the molecule is CS(=O)(=O)CC[C@@H]1NC(=O)N(CC(=O)Nc2ccccc2C(=O)NCc2ccco2)C1=O. The zero-order valence-electron chi connectivity index (χ0n) is 17.2. The van der Waals surface area contributed by atoms with E-state index in [9.17, 15) is 27.6 Å². The summed E-state index contributed by atoms with van der Waals surface area (Å²) in [6.07, 6.45) is 2.43. The molecule has 0 unspecified atom stereocenters. The van der Waals surface area contributed by atoms with Crippen LogP contribution >= 0.6 is 0 Å². The number of amides is 5. The molecule has 0 bridgehead atoms. The summed E-state index contributed by atoms with van der Waals surface area (Å²) in [6, 6.07) is 7.88. The highest BCUT2D eigenvalue weighted by molar-refractivity contribution is 7.90. The number of benzene rings is 1. The van der Waals surface area contributed by atoms with Gasteiger partial charge in [-0.15, -0.1) is 0 Å². The summed E-state index contributed by atoms with van der Waals surface area (Å²) < 4.78 is 27.8. The summed E-state index contributed by atoms with van der Waals surface area (Å²) in [6.45, 7) is -0.423. The van der Waals surface area contributed by atoms with Gasteiger partial charge in [0, 0.05) is 6.26 Å². The molecule has 1 aromatic heterocycles. The third-order valence-corrected chi connectivity index (χ3v) is 5.61. The number of carbonyl (C=O) groups excluding carboxylic acids is 4. The van der Waals surface area contributed by atoms with E-state index in [2.05, 4.69) is 16.0 Å². The molecule has 3 N–H and O–H groups in total. The molecule has 2 aromatic rings. The number of carbonyl (C=O) groups is 4. The molecule has 1 aliphatic heterocycles. The van der Waals surface area contributed by atoms with Crippen LogP contribution in [-0.2, 0) is 26.0 Å². The molecule has 0 radical (unpaired) electrons. The van der Waals surface area contributed by atoms with Crippen molar-refractivity contribution in [1.29, 1.82) is 0 Å². The molecule has 2 heterocycles. The van der Waals surface area contributed by atoms with Gasteiger partial charge in [0.1, 0.15) is 28.2 Å². The van der Waals surface area contributed by atoms with E-state index in [1.165, 1.54) is 18.4 Å². The molecule has 11 nitrogen and oxygen atoms in total. The number of nitrogens with zero attached hydrogens (tertiary/aromatic N) is 1. The van der Waals surface area contributed by atoms with Crippen LogP contribution in [0.1, 0.15) is 22.5 Å². The first-order valence-corrected chi connectivity index (χ1v) is 11.7. The third-order valence-electron chi connectivity index (χ3n) is 4.64. The van der Waals surface area contributed by atoms with Crippen molar-refractivity contribution < 1.29 is 32.0 Å². The molecular weight excluding hydrogens is 440 g/mol. The maximum atomic E-state index is 12.5. The van der Waals surface area contributed by atoms with Crippen molar-refractivity contribution in [2.75, 3.05) is 23.9 Å². The Kier molecular flexibility index (Phi) is 6.93. The molecule has 1 aliphatic rings. The lowest BCUT2D eigenvalue weighted by Gasteiger charge is -2.15. The summed E-state index contributed by atoms with van der Waals surface area (Å²) in [4.78, 5) is 50.2. The fourth-order valence-electron chi connectivity index (χ4n) is 3.05. The van der Waals surface area contributed by atoms with Crippen molar-refractivity contribution in [3.63, 3.8) is 0 Å². The molecule has 170 valence electrons. The fourth-order valence-corrected chi connectivity index (χ4v) is 3.72. The summed E-state index contributed by atoms with van der Waals surface area (Å²) in [7, 11) is -3.31. The van der Waals surface area contributed by atoms with Crippen molar-refractivity contribution >= 4 is 39.3 Å². The molecule has 1 aromatic carbocycles. The first-order chi connectivity index (χ1) is 15.1. The highest BCUT2D eigenvalue weighted by Gasteiger charge is 2.39. The van der Waals surface area contributed by atoms with Crippen LogP contribution in [0.2, 0.25) is 0 Å². The largest absolute Gasteiger partial charge is 0.467 e. The molecule has 1 fully saturated rings. The molecule has 12 heteroatoms. The van der Waals surface area contributed by atoms with E-state index < -0.39 is 46.2 Å². The second-order valence-electron chi connectivity index (χ2n) is 7.20. The van der Waals surface area contributed by atoms with Gasteiger partial charge in [0.15, 0.2) is 0 Å². The lowest BCUT2D eigenvalue weighted by atomic mass is 10.1. The Morgan fingerprint density at radius 1 is 1.16 bits per heavy atom. The van der Waals surface area contributed by atoms with Crippen LogP contribution in [0, 0.1) is 0 Å². The Morgan fingerprint density at radius 3 is 2.59 bits per heavy atom. The molecule has 1 saturated heterocycles. The number of anilines is 1. The standard InChI is InChI=1S/C20H22N4O7S/c1-32(29,30)10-8-16-19(27)24(20(28)23-16)12-17(25)22-15-7-3-2-6-14(15)18(26)21-11-13-5-4-9-31-13/h2-7,9,16H,8,10-12H2,1H3,(H,21,26)(H,22,25)(H,23,28)/t16-/m0/s1. The van der Waals surface area contributed by atoms with Gasteiger partial charge in [-0.1, -0.05) is 12.1 Å². The van der Waals surface area contributed by atoms with E-state index in [4.69, 9.17) is 4.42 Å². The van der Waals surface area contributed by atoms with Crippen LogP contribution in [0.25, 0.3) is 0 Å². The van der Waals surface area contributed by atoms with Gasteiger partial charge < -0.3 is 20.4 Å². The zero-order valence-corrected chi connectivity index (χ0v) is 18.0. The van der Waals surface area contributed by atoms with Crippen LogP contribution in [0.15, 0.2) is 47.1 Å². The van der Waals surface area contributed by atoms with Gasteiger partial charge in [0.25, 0.3) is 11.8 Å². The van der Waals surface area contributed by atoms with Crippen LogP contribution < -0.4 is 16.0 Å². The zero-order chi connectivity index (χ0) is 23.3. The van der Waals surface area contributed by atoms with E-state index in [1.54, 1.807) is 24.3 Å². The lowest BCUT2D eigenvalue weighted by Crippen LogP contribution is -2.39. The number of urea groups is 1. The Labute approximate surface area is 184 Å². The van der Waals surface area contributed by atoms with E-state index in [1.807, 2.05) is 0 Å². The Balaban J connectivity index is 1.61. The molecular formula is C20H22N4O7S. The average Bonchev–Trinajstić information content (AvgIpc) is 3.34. The lowest BCUT2D eigenvalue weighted by molar-refractivity contribution is -0.130. The highest BCUT2D eigenvalue weighted by atomic mass is 32.2. The van der Waals surface area contributed by atoms with Crippen molar-refractivity contribution in [1.82, 2.24) is 15.5 Å². The number of para-hydroxylation sites is 1. The Morgan fingerprint density at radius 2 is 1.91 bits per heavy atom. The first kappa shape index (κ1) is 23.0. The van der Waals surface area contributed by atoms with Gasteiger partial charge in [-0.3, -0.25) is 19.3 Å². The molecule has 3 rings (SSSR count). The highest BCUT2D eigenvalue weighted by Crippen LogP contribution is 2.16. The van der Waals surface area contributed by atoms with Gasteiger partial charge in [-0.25, -0.2) is 13.2 Å². The number of hydrogen-bond donors (Lipinski definition) is 3. The van der Waals surface area contributed by atoms with Gasteiger partial charge in [-0.05, 0) is 30.7 Å². The van der Waals surface area contributed by atoms with Crippen molar-refractivity contribution in [2.24, 2.45) is 0 Å². The van der Waals surface area contributed by atoms with Gasteiger partial charge in [0.05, 0.1) is 29.8 Å². The maximum absolute atomic E-state index is 12.5. The first-order valence-electron chi connectivity index (χ1n) is 9.63. The van der Waals surface area contributed by atoms with Crippen LogP contribution in [0.4, 0.5) is 10.5 Å². The second kappa shape index (κ2) is 9.64. The molecule has 0 spiro atoms. The smallest absolute Gasteiger partial charge is 0.325 e. The monoisotopic (exact) mass is 462 g/mol. The molecule has 32 heavy (non-hydrogen) atoms. The molecule has 0 aliphatic carbocycles. The number of nitrogens with one attached hydrogen (secondary N) is 3. The van der Waals surface area contributed by atoms with Gasteiger partial charge in [0.2, 0.25) is 5.91 Å². The van der Waals surface area contributed by atoms with Gasteiger partial charge in [-0.2, -0.15) is 0 Å². The summed E-state index contributed by atoms with van der Waals surface area (Å²) in [5.41, 5.74) is 0.394. The fraction of sp³-hybridized carbons (Fsp3) is 0.300. The van der Waals surface area contributed by atoms with E-state index >= 15 is 0 Å². The van der Waals surface area contributed by atoms with E-state index in [-0.39, 0.29) is 30.0 Å². The predicted molar refractivity (Wildman–Crippen MR) is 113 cm³/mol.